The van der Waals surface area contributed by atoms with Crippen molar-refractivity contribution >= 4 is 10.9 Å². The van der Waals surface area contributed by atoms with Gasteiger partial charge in [0.05, 0.1) is 6.04 Å². The van der Waals surface area contributed by atoms with Gasteiger partial charge in [-0.2, -0.15) is 0 Å². The summed E-state index contributed by atoms with van der Waals surface area (Å²) < 4.78 is 0. The Labute approximate surface area is 123 Å². The van der Waals surface area contributed by atoms with Crippen molar-refractivity contribution < 1.29 is 5.11 Å². The Morgan fingerprint density at radius 1 is 1.43 bits per heavy atom. The summed E-state index contributed by atoms with van der Waals surface area (Å²) in [6.45, 7) is 10.1. The van der Waals surface area contributed by atoms with Crippen LogP contribution in [0.1, 0.15) is 24.1 Å². The van der Waals surface area contributed by atoms with Crippen LogP contribution in [0.5, 0.6) is 5.75 Å². The second kappa shape index (κ2) is 3.61. The lowest BCUT2D eigenvalue weighted by Gasteiger charge is -2.32. The predicted octanol–water partition coefficient (Wildman–Crippen LogP) is 2.64. The van der Waals surface area contributed by atoms with Crippen LogP contribution in [0.2, 0.25) is 0 Å². The molecule has 2 bridgehead atoms. The Morgan fingerprint density at radius 2 is 2.33 bits per heavy atom. The first-order valence-corrected chi connectivity index (χ1v) is 7.68. The molecule has 4 nitrogen and oxygen atoms in total. The second-order valence-electron chi connectivity index (χ2n) is 6.81. The zero-order valence-electron chi connectivity index (χ0n) is 11.8. The average Bonchev–Trinajstić information content (AvgIpc) is 3.14. The summed E-state index contributed by atoms with van der Waals surface area (Å²) in [4.78, 5) is 10.2. The van der Waals surface area contributed by atoms with Crippen molar-refractivity contribution in [1.29, 1.82) is 0 Å². The highest BCUT2D eigenvalue weighted by molar-refractivity contribution is 5.87. The molecular weight excluding hydrogens is 262 g/mol. The summed E-state index contributed by atoms with van der Waals surface area (Å²) in [5.41, 5.74) is 3.06. The fourth-order valence-corrected chi connectivity index (χ4v) is 5.03. The van der Waals surface area contributed by atoms with E-state index < -0.39 is 0 Å². The van der Waals surface area contributed by atoms with Crippen molar-refractivity contribution in [3.8, 4) is 5.75 Å². The topological polar surface area (TPSA) is 43.6 Å². The first kappa shape index (κ1) is 11.6. The molecule has 1 saturated heterocycles. The molecule has 3 atom stereocenters. The molecule has 2 fully saturated rings. The molecule has 2 N–H and O–H groups in total. The van der Waals surface area contributed by atoms with E-state index in [2.05, 4.69) is 14.7 Å². The minimum atomic E-state index is -0.386. The van der Waals surface area contributed by atoms with Crippen LogP contribution < -0.4 is 0 Å². The van der Waals surface area contributed by atoms with Gasteiger partial charge in [0, 0.05) is 30.4 Å². The molecular formula is C17H17N3O. The van der Waals surface area contributed by atoms with Crippen LogP contribution in [0, 0.1) is 12.5 Å². The van der Waals surface area contributed by atoms with Crippen molar-refractivity contribution in [3.63, 3.8) is 0 Å². The summed E-state index contributed by atoms with van der Waals surface area (Å²) in [7, 11) is 0. The van der Waals surface area contributed by atoms with Crippen LogP contribution in [0.3, 0.4) is 0 Å². The number of phenolic OH excluding ortho intramolecular Hbond substituents is 1. The normalized spacial score (nSPS) is 33.9. The molecule has 0 radical (unpaired) electrons. The van der Waals surface area contributed by atoms with Gasteiger partial charge in [-0.3, -0.25) is 4.90 Å². The quantitative estimate of drug-likeness (QED) is 0.728. The van der Waals surface area contributed by atoms with Crippen LogP contribution >= 0.6 is 0 Å². The zero-order chi connectivity index (χ0) is 14.2. The summed E-state index contributed by atoms with van der Waals surface area (Å²) in [5, 5.41) is 10.9. The molecule has 1 aromatic carbocycles. The van der Waals surface area contributed by atoms with Crippen molar-refractivity contribution in [1.82, 2.24) is 9.88 Å². The van der Waals surface area contributed by atoms with E-state index in [1.165, 1.54) is 12.0 Å². The number of nitrogens with zero attached hydrogens (tertiary/aromatic N) is 2. The van der Waals surface area contributed by atoms with Crippen molar-refractivity contribution in [3.05, 3.63) is 40.9 Å². The number of fused-ring (bicyclic) bond motifs is 5. The number of benzene rings is 1. The average molecular weight is 279 g/mol. The number of aromatic hydroxyl groups is 1. The van der Waals surface area contributed by atoms with E-state index in [1.807, 2.05) is 12.1 Å². The molecule has 3 aliphatic rings. The Kier molecular flexibility index (Phi) is 2.00. The predicted molar refractivity (Wildman–Crippen MR) is 80.0 cm³/mol. The van der Waals surface area contributed by atoms with Crippen LogP contribution in [0.4, 0.5) is 0 Å². The number of H-pyrrole nitrogens is 1. The van der Waals surface area contributed by atoms with Crippen molar-refractivity contribution in [2.24, 2.45) is 5.92 Å². The maximum atomic E-state index is 9.80. The SMILES string of the molecule is [C-]#[N+][C@@]12C[C@H]3C[C@@H]1N(CCc1c2[nH]c2ccc(O)cc12)C3. The number of nitrogens with one attached hydrogen (secondary N) is 1. The Balaban J connectivity index is 1.83. The Hall–Kier alpha value is -1.99. The minimum Gasteiger partial charge on any atom is -0.508 e. The molecule has 2 aromatic rings. The summed E-state index contributed by atoms with van der Waals surface area (Å²) in [6.07, 6.45) is 3.13. The molecule has 1 aromatic heterocycles. The van der Waals surface area contributed by atoms with E-state index in [1.54, 1.807) is 6.07 Å². The molecule has 0 spiro atoms. The highest BCUT2D eigenvalue weighted by Gasteiger charge is 2.63. The van der Waals surface area contributed by atoms with Gasteiger partial charge >= 0.3 is 0 Å². The number of aromatic amines is 1. The summed E-state index contributed by atoms with van der Waals surface area (Å²) in [5.74, 6) is 0.979. The fourth-order valence-electron chi connectivity index (χ4n) is 5.03. The number of aromatic nitrogens is 1. The first-order valence-electron chi connectivity index (χ1n) is 7.68. The molecule has 21 heavy (non-hydrogen) atoms. The third-order valence-electron chi connectivity index (χ3n) is 5.81. The monoisotopic (exact) mass is 279 g/mol. The maximum Gasteiger partial charge on any atom is 0.287 e. The third kappa shape index (κ3) is 1.28. The molecule has 3 heterocycles. The van der Waals surface area contributed by atoms with E-state index in [0.717, 1.165) is 42.5 Å². The maximum absolute atomic E-state index is 9.80. The van der Waals surface area contributed by atoms with Gasteiger partial charge in [0.2, 0.25) is 0 Å². The van der Waals surface area contributed by atoms with Crippen molar-refractivity contribution in [2.75, 3.05) is 13.1 Å². The lowest BCUT2D eigenvalue weighted by Crippen LogP contribution is -2.46. The highest BCUT2D eigenvalue weighted by atomic mass is 16.3. The second-order valence-corrected chi connectivity index (χ2v) is 6.81. The Bertz CT molecular complexity index is 802. The molecule has 106 valence electrons. The van der Waals surface area contributed by atoms with Crippen LogP contribution in [-0.2, 0) is 12.0 Å². The number of hydrogen-bond donors (Lipinski definition) is 2. The summed E-state index contributed by atoms with van der Waals surface area (Å²) >= 11 is 0. The van der Waals surface area contributed by atoms with E-state index in [-0.39, 0.29) is 5.54 Å². The van der Waals surface area contributed by atoms with Gasteiger partial charge < -0.3 is 14.9 Å². The molecule has 5 rings (SSSR count). The first-order chi connectivity index (χ1) is 10.2. The van der Waals surface area contributed by atoms with Crippen LogP contribution in [0.15, 0.2) is 18.2 Å². The highest BCUT2D eigenvalue weighted by Crippen LogP contribution is 2.55. The smallest absolute Gasteiger partial charge is 0.287 e. The van der Waals surface area contributed by atoms with E-state index in [9.17, 15) is 5.11 Å². The minimum absolute atomic E-state index is 0.304. The van der Waals surface area contributed by atoms with E-state index in [0.29, 0.717) is 17.7 Å². The molecule has 1 aliphatic carbocycles. The molecule has 0 amide bonds. The summed E-state index contributed by atoms with van der Waals surface area (Å²) in [6, 6.07) is 5.87. The number of phenols is 1. The van der Waals surface area contributed by atoms with Crippen molar-refractivity contribution in [2.45, 2.75) is 30.8 Å². The molecule has 2 aliphatic heterocycles. The van der Waals surface area contributed by atoms with Gasteiger partial charge in [-0.15, -0.1) is 0 Å². The fraction of sp³-hybridized carbons (Fsp3) is 0.471. The lowest BCUT2D eigenvalue weighted by atomic mass is 9.85. The lowest BCUT2D eigenvalue weighted by molar-refractivity contribution is 0.163. The number of rotatable bonds is 0. The number of hydrogen-bond acceptors (Lipinski definition) is 2. The largest absolute Gasteiger partial charge is 0.508 e. The molecule has 1 saturated carbocycles. The van der Waals surface area contributed by atoms with Crippen LogP contribution in [-0.4, -0.2) is 34.1 Å². The van der Waals surface area contributed by atoms with Gasteiger partial charge in [-0.1, -0.05) is 0 Å². The Morgan fingerprint density at radius 3 is 3.14 bits per heavy atom. The van der Waals surface area contributed by atoms with E-state index in [4.69, 9.17) is 6.57 Å². The third-order valence-corrected chi connectivity index (χ3v) is 5.81. The molecule has 4 heteroatoms. The molecule has 0 unspecified atom stereocenters. The van der Waals surface area contributed by atoms with Gasteiger partial charge in [0.25, 0.3) is 5.54 Å². The number of piperidine rings is 1. The zero-order valence-corrected chi connectivity index (χ0v) is 11.8. The van der Waals surface area contributed by atoms with Gasteiger partial charge in [-0.25, -0.2) is 6.57 Å². The van der Waals surface area contributed by atoms with Gasteiger partial charge in [0.15, 0.2) is 0 Å². The van der Waals surface area contributed by atoms with Crippen LogP contribution in [0.25, 0.3) is 15.7 Å². The van der Waals surface area contributed by atoms with Gasteiger partial charge in [-0.05, 0) is 42.5 Å². The van der Waals surface area contributed by atoms with E-state index >= 15 is 0 Å². The standard InChI is InChI=1S/C17H17N3O/c1-18-17-8-10-6-15(17)20(9-10)5-4-12-13-7-11(21)2-3-14(13)19-16(12)17/h2-3,7,10,15,19,21H,4-6,8-9H2/t10-,15+,17+/m1/s1. The van der Waals surface area contributed by atoms with Gasteiger partial charge in [0.1, 0.15) is 11.4 Å².